The summed E-state index contributed by atoms with van der Waals surface area (Å²) in [6.45, 7) is -2.82. The van der Waals surface area contributed by atoms with Crippen LogP contribution in [0.2, 0.25) is 0 Å². The van der Waals surface area contributed by atoms with Crippen molar-refractivity contribution < 1.29 is 54.2 Å². The fourth-order valence-corrected chi connectivity index (χ4v) is 2.85. The van der Waals surface area contributed by atoms with Gasteiger partial charge in [0.2, 0.25) is 0 Å². The summed E-state index contributed by atoms with van der Waals surface area (Å²) in [5.74, 6) is -6.10. The van der Waals surface area contributed by atoms with Crippen LogP contribution in [-0.4, -0.2) is 111 Å². The van der Waals surface area contributed by atoms with Crippen LogP contribution in [0.25, 0.3) is 0 Å². The van der Waals surface area contributed by atoms with Crippen molar-refractivity contribution >= 4 is 29.8 Å². The van der Waals surface area contributed by atoms with Crippen LogP contribution in [-0.2, 0) is 30.4 Å². The van der Waals surface area contributed by atoms with Crippen molar-refractivity contribution in [1.29, 1.82) is 0 Å². The van der Waals surface area contributed by atoms with E-state index in [2.05, 4.69) is 0 Å². The summed E-state index contributed by atoms with van der Waals surface area (Å²) in [6.07, 6.45) is -0.111. The number of rotatable bonds is 16. The number of carboxylic acid groups (broad SMARTS) is 5. The van der Waals surface area contributed by atoms with Gasteiger partial charge in [0, 0.05) is 13.1 Å². The normalized spacial score (nSPS) is 11.8. The van der Waals surface area contributed by atoms with Crippen molar-refractivity contribution in [2.75, 3.05) is 39.3 Å². The van der Waals surface area contributed by atoms with Crippen LogP contribution in [0, 0.1) is 0 Å². The first kappa shape index (κ1) is 26.3. The molecule has 0 radical (unpaired) electrons. The third-order valence-electron chi connectivity index (χ3n) is 4.20. The number of hydrogen-bond donors (Lipinski definition) is 5. The molecule has 13 nitrogen and oxygen atoms in total. The van der Waals surface area contributed by atoms with E-state index in [1.54, 1.807) is 0 Å². The predicted molar refractivity (Wildman–Crippen MR) is 106 cm³/mol. The minimum Gasteiger partial charge on any atom is -0.482 e. The number of carbonyl (C=O) groups is 5. The Morgan fingerprint density at radius 1 is 0.750 bits per heavy atom. The third kappa shape index (κ3) is 10.4. The van der Waals surface area contributed by atoms with E-state index in [-0.39, 0.29) is 25.3 Å². The van der Waals surface area contributed by atoms with Crippen molar-refractivity contribution in [3.05, 3.63) is 29.8 Å². The van der Waals surface area contributed by atoms with Gasteiger partial charge in [0.25, 0.3) is 0 Å². The van der Waals surface area contributed by atoms with Crippen LogP contribution in [0.3, 0.4) is 0 Å². The Hall–Kier alpha value is -3.71. The number of hydrogen-bond acceptors (Lipinski definition) is 8. The van der Waals surface area contributed by atoms with Gasteiger partial charge in [-0.25, -0.2) is 4.79 Å². The lowest BCUT2D eigenvalue weighted by atomic mass is 10.0. The van der Waals surface area contributed by atoms with E-state index in [1.807, 2.05) is 0 Å². The molecule has 0 bridgehead atoms. The van der Waals surface area contributed by atoms with Gasteiger partial charge in [0.1, 0.15) is 11.8 Å². The second-order valence-corrected chi connectivity index (χ2v) is 6.75. The number of nitrogens with zero attached hydrogens (tertiary/aromatic N) is 2. The molecule has 1 unspecified atom stereocenters. The summed E-state index contributed by atoms with van der Waals surface area (Å²) >= 11 is 0. The van der Waals surface area contributed by atoms with Crippen LogP contribution in [0.15, 0.2) is 24.3 Å². The molecule has 1 aromatic rings. The van der Waals surface area contributed by atoms with Gasteiger partial charge >= 0.3 is 29.8 Å². The zero-order chi connectivity index (χ0) is 24.3. The summed E-state index contributed by atoms with van der Waals surface area (Å²) in [6, 6.07) is 4.61. The summed E-state index contributed by atoms with van der Waals surface area (Å²) in [7, 11) is 0. The van der Waals surface area contributed by atoms with Crippen molar-refractivity contribution in [3.63, 3.8) is 0 Å². The molecule has 0 saturated carbocycles. The van der Waals surface area contributed by atoms with E-state index in [0.717, 1.165) is 9.80 Å². The Morgan fingerprint density at radius 3 is 1.72 bits per heavy atom. The number of ether oxygens (including phenoxy) is 1. The average molecular weight is 456 g/mol. The van der Waals surface area contributed by atoms with Crippen molar-refractivity contribution in [1.82, 2.24) is 9.80 Å². The Labute approximate surface area is 182 Å². The van der Waals surface area contributed by atoms with Gasteiger partial charge in [-0.1, -0.05) is 12.1 Å². The maximum absolute atomic E-state index is 11.8. The van der Waals surface area contributed by atoms with Crippen molar-refractivity contribution in [3.8, 4) is 5.75 Å². The van der Waals surface area contributed by atoms with Crippen LogP contribution in [0.4, 0.5) is 0 Å². The maximum atomic E-state index is 11.8. The summed E-state index contributed by atoms with van der Waals surface area (Å²) in [5, 5.41) is 45.3. The first-order chi connectivity index (χ1) is 15.0. The third-order valence-corrected chi connectivity index (χ3v) is 4.20. The lowest BCUT2D eigenvalue weighted by Crippen LogP contribution is -2.49. The van der Waals surface area contributed by atoms with Crippen molar-refractivity contribution in [2.45, 2.75) is 12.5 Å². The maximum Gasteiger partial charge on any atom is 0.341 e. The molecule has 0 spiro atoms. The molecule has 0 amide bonds. The lowest BCUT2D eigenvalue weighted by Gasteiger charge is -2.29. The molecule has 0 aromatic heterocycles. The van der Waals surface area contributed by atoms with Crippen LogP contribution in [0.1, 0.15) is 5.56 Å². The van der Waals surface area contributed by atoms with Gasteiger partial charge in [-0.15, -0.1) is 0 Å². The Morgan fingerprint density at radius 2 is 1.28 bits per heavy atom. The number of benzene rings is 1. The lowest BCUT2D eigenvalue weighted by molar-refractivity contribution is -0.148. The summed E-state index contributed by atoms with van der Waals surface area (Å²) in [5.41, 5.74) is 0.503. The zero-order valence-corrected chi connectivity index (χ0v) is 16.9. The molecule has 0 aliphatic heterocycles. The summed E-state index contributed by atoms with van der Waals surface area (Å²) < 4.78 is 5.00. The van der Waals surface area contributed by atoms with E-state index >= 15 is 0 Å². The molecule has 13 heteroatoms. The number of aliphatic carboxylic acids is 5. The van der Waals surface area contributed by atoms with Crippen molar-refractivity contribution in [2.24, 2.45) is 0 Å². The number of carboxylic acids is 5. The molecule has 0 aliphatic carbocycles. The SMILES string of the molecule is O=C(O)COc1ccc(CC(C(=O)O)N(CCN(CC(=O)O)CC(=O)O)CC(=O)O)cc1. The van der Waals surface area contributed by atoms with Gasteiger partial charge in [-0.05, 0) is 24.1 Å². The van der Waals surface area contributed by atoms with Gasteiger partial charge in [0.15, 0.2) is 6.61 Å². The fraction of sp³-hybridized carbons (Fsp3) is 0.421. The predicted octanol–water partition coefficient (Wildman–Crippen LogP) is -0.996. The Kier molecular flexibility index (Phi) is 10.6. The van der Waals surface area contributed by atoms with E-state index in [1.165, 1.54) is 24.3 Å². The minimum atomic E-state index is -1.32. The van der Waals surface area contributed by atoms with E-state index < -0.39 is 62.1 Å². The Balaban J connectivity index is 2.95. The molecule has 0 saturated heterocycles. The second-order valence-electron chi connectivity index (χ2n) is 6.75. The largest absolute Gasteiger partial charge is 0.482 e. The molecule has 1 rings (SSSR count). The van der Waals surface area contributed by atoms with E-state index in [4.69, 9.17) is 20.1 Å². The molecule has 176 valence electrons. The highest BCUT2D eigenvalue weighted by atomic mass is 16.5. The quantitative estimate of drug-likeness (QED) is 0.203. The second kappa shape index (κ2) is 12.9. The topological polar surface area (TPSA) is 202 Å². The first-order valence-electron chi connectivity index (χ1n) is 9.26. The van der Waals surface area contributed by atoms with E-state index in [0.29, 0.717) is 5.56 Å². The highest BCUT2D eigenvalue weighted by molar-refractivity contribution is 5.76. The van der Waals surface area contributed by atoms with Gasteiger partial charge in [0.05, 0.1) is 19.6 Å². The summed E-state index contributed by atoms with van der Waals surface area (Å²) in [4.78, 5) is 57.7. The molecule has 0 fully saturated rings. The Bertz CT molecular complexity index is 809. The molecule has 5 N–H and O–H groups in total. The highest BCUT2D eigenvalue weighted by Gasteiger charge is 2.28. The van der Waals surface area contributed by atoms with Crippen LogP contribution in [0.5, 0.6) is 5.75 Å². The molecule has 1 atom stereocenters. The highest BCUT2D eigenvalue weighted by Crippen LogP contribution is 2.16. The smallest absolute Gasteiger partial charge is 0.341 e. The standard InChI is InChI=1S/C19H24N2O11/c22-15(23)8-20(9-16(24)25)5-6-21(10-17(26)27)14(19(30)31)7-12-1-3-13(4-2-12)32-11-18(28)29/h1-4,14H,5-11H2,(H,22,23)(H,24,25)(H,26,27)(H,28,29)(H,30,31). The zero-order valence-electron chi connectivity index (χ0n) is 16.9. The van der Waals surface area contributed by atoms with Gasteiger partial charge in [-0.2, -0.15) is 0 Å². The average Bonchev–Trinajstić information content (AvgIpc) is 2.67. The van der Waals surface area contributed by atoms with Crippen LogP contribution < -0.4 is 4.74 Å². The minimum absolute atomic E-state index is 0.111. The van der Waals surface area contributed by atoms with Crippen LogP contribution >= 0.6 is 0 Å². The molecule has 0 aliphatic rings. The van der Waals surface area contributed by atoms with Gasteiger partial charge < -0.3 is 30.3 Å². The molecular formula is C19H24N2O11. The molecule has 0 heterocycles. The molecule has 1 aromatic carbocycles. The first-order valence-corrected chi connectivity index (χ1v) is 9.26. The monoisotopic (exact) mass is 456 g/mol. The molecular weight excluding hydrogens is 432 g/mol. The fourth-order valence-electron chi connectivity index (χ4n) is 2.85. The van der Waals surface area contributed by atoms with E-state index in [9.17, 15) is 34.2 Å². The molecule has 32 heavy (non-hydrogen) atoms. The van der Waals surface area contributed by atoms with Gasteiger partial charge in [-0.3, -0.25) is 29.0 Å².